The molecule has 0 heterocycles. The monoisotopic (exact) mass is 230 g/mol. The molecular formula is C12H26N2O2. The maximum absolute atomic E-state index is 11.5. The van der Waals surface area contributed by atoms with E-state index in [-0.39, 0.29) is 11.9 Å². The van der Waals surface area contributed by atoms with Crippen molar-refractivity contribution in [3.63, 3.8) is 0 Å². The van der Waals surface area contributed by atoms with Gasteiger partial charge >= 0.3 is 0 Å². The summed E-state index contributed by atoms with van der Waals surface area (Å²) in [5.74, 6) is 0.621. The van der Waals surface area contributed by atoms with E-state index in [1.165, 1.54) is 0 Å². The van der Waals surface area contributed by atoms with Gasteiger partial charge in [-0.25, -0.2) is 0 Å². The van der Waals surface area contributed by atoms with E-state index in [1.54, 1.807) is 0 Å². The van der Waals surface area contributed by atoms with Crippen LogP contribution in [0.4, 0.5) is 0 Å². The van der Waals surface area contributed by atoms with Crippen molar-refractivity contribution >= 4 is 5.91 Å². The Morgan fingerprint density at radius 3 is 2.50 bits per heavy atom. The van der Waals surface area contributed by atoms with Gasteiger partial charge in [0.2, 0.25) is 5.91 Å². The smallest absolute Gasteiger partial charge is 0.236 e. The molecule has 0 aromatic rings. The van der Waals surface area contributed by atoms with Gasteiger partial charge in [0.25, 0.3) is 0 Å². The Morgan fingerprint density at radius 1 is 1.25 bits per heavy atom. The predicted molar refractivity (Wildman–Crippen MR) is 66.4 cm³/mol. The number of hydrogen-bond acceptors (Lipinski definition) is 3. The molecule has 96 valence electrons. The fourth-order valence-corrected chi connectivity index (χ4v) is 1.16. The number of ether oxygens (including phenoxy) is 1. The Labute approximate surface area is 99.1 Å². The molecule has 0 fully saturated rings. The Balaban J connectivity index is 3.42. The zero-order valence-electron chi connectivity index (χ0n) is 11.0. The van der Waals surface area contributed by atoms with Gasteiger partial charge in [-0.3, -0.25) is 4.79 Å². The minimum absolute atomic E-state index is 0.0608. The highest BCUT2D eigenvalue weighted by molar-refractivity contribution is 5.81. The van der Waals surface area contributed by atoms with Crippen molar-refractivity contribution in [3.8, 4) is 0 Å². The maximum atomic E-state index is 11.5. The average Bonchev–Trinajstić information content (AvgIpc) is 2.24. The molecule has 0 saturated carbocycles. The lowest BCUT2D eigenvalue weighted by atomic mass is 10.2. The first-order valence-electron chi connectivity index (χ1n) is 6.16. The minimum Gasteiger partial charge on any atom is -0.380 e. The maximum Gasteiger partial charge on any atom is 0.236 e. The molecule has 0 saturated heterocycles. The van der Waals surface area contributed by atoms with Crippen molar-refractivity contribution in [2.24, 2.45) is 5.92 Å². The van der Waals surface area contributed by atoms with Gasteiger partial charge in [0.1, 0.15) is 0 Å². The molecule has 0 radical (unpaired) electrons. The van der Waals surface area contributed by atoms with Crippen LogP contribution in [0.5, 0.6) is 0 Å². The van der Waals surface area contributed by atoms with Gasteiger partial charge < -0.3 is 15.4 Å². The molecule has 16 heavy (non-hydrogen) atoms. The van der Waals surface area contributed by atoms with Gasteiger partial charge in [0, 0.05) is 19.7 Å². The highest BCUT2D eigenvalue weighted by Gasteiger charge is 2.10. The topological polar surface area (TPSA) is 50.4 Å². The van der Waals surface area contributed by atoms with Crippen LogP contribution in [0.15, 0.2) is 0 Å². The summed E-state index contributed by atoms with van der Waals surface area (Å²) in [5.41, 5.74) is 0. The van der Waals surface area contributed by atoms with Crippen LogP contribution < -0.4 is 10.6 Å². The first-order chi connectivity index (χ1) is 7.57. The van der Waals surface area contributed by atoms with E-state index < -0.39 is 0 Å². The van der Waals surface area contributed by atoms with Gasteiger partial charge in [0.05, 0.1) is 12.6 Å². The van der Waals surface area contributed by atoms with E-state index in [2.05, 4.69) is 24.5 Å². The second-order valence-electron chi connectivity index (χ2n) is 4.44. The van der Waals surface area contributed by atoms with E-state index in [9.17, 15) is 4.79 Å². The molecule has 0 spiro atoms. The summed E-state index contributed by atoms with van der Waals surface area (Å²) >= 11 is 0. The van der Waals surface area contributed by atoms with Crippen molar-refractivity contribution in [3.05, 3.63) is 0 Å². The summed E-state index contributed by atoms with van der Waals surface area (Å²) in [4.78, 5) is 11.5. The number of amides is 1. The summed E-state index contributed by atoms with van der Waals surface area (Å²) in [6.07, 6.45) is 0.968. The minimum atomic E-state index is -0.144. The van der Waals surface area contributed by atoms with Crippen LogP contribution in [-0.4, -0.2) is 38.3 Å². The lowest BCUT2D eigenvalue weighted by Crippen LogP contribution is -2.43. The Hall–Kier alpha value is -0.610. The van der Waals surface area contributed by atoms with Crippen LogP contribution in [0.1, 0.15) is 34.1 Å². The number of carbonyl (C=O) groups is 1. The van der Waals surface area contributed by atoms with E-state index in [1.807, 2.05) is 13.8 Å². The van der Waals surface area contributed by atoms with Crippen LogP contribution in [-0.2, 0) is 9.53 Å². The number of hydrogen-bond donors (Lipinski definition) is 2. The summed E-state index contributed by atoms with van der Waals surface area (Å²) in [6.45, 7) is 11.0. The van der Waals surface area contributed by atoms with Crippen molar-refractivity contribution in [1.82, 2.24) is 10.6 Å². The average molecular weight is 230 g/mol. The molecule has 1 amide bonds. The molecule has 0 aromatic carbocycles. The van der Waals surface area contributed by atoms with Crippen LogP contribution in [0.3, 0.4) is 0 Å². The molecule has 0 rings (SSSR count). The largest absolute Gasteiger partial charge is 0.380 e. The van der Waals surface area contributed by atoms with E-state index in [4.69, 9.17) is 4.74 Å². The van der Waals surface area contributed by atoms with Crippen LogP contribution in [0.2, 0.25) is 0 Å². The molecule has 0 aliphatic heterocycles. The number of carbonyl (C=O) groups excluding carboxylic acids is 1. The Bertz CT molecular complexity index is 184. The molecule has 0 aliphatic carbocycles. The SMILES string of the molecule is CCCNC(=O)C(C)NCCOCC(C)C. The van der Waals surface area contributed by atoms with Gasteiger partial charge in [-0.05, 0) is 19.3 Å². The molecule has 4 heteroatoms. The standard InChI is InChI=1S/C12H26N2O2/c1-5-6-14-12(15)11(4)13-7-8-16-9-10(2)3/h10-11,13H,5-9H2,1-4H3,(H,14,15). The summed E-state index contributed by atoms with van der Waals surface area (Å²) in [7, 11) is 0. The lowest BCUT2D eigenvalue weighted by molar-refractivity contribution is -0.122. The molecule has 4 nitrogen and oxygen atoms in total. The third-order valence-electron chi connectivity index (χ3n) is 2.09. The number of nitrogens with one attached hydrogen (secondary N) is 2. The molecule has 0 bridgehead atoms. The second-order valence-corrected chi connectivity index (χ2v) is 4.44. The van der Waals surface area contributed by atoms with Gasteiger partial charge in [-0.1, -0.05) is 20.8 Å². The molecular weight excluding hydrogens is 204 g/mol. The Morgan fingerprint density at radius 2 is 1.94 bits per heavy atom. The lowest BCUT2D eigenvalue weighted by Gasteiger charge is -2.14. The third-order valence-corrected chi connectivity index (χ3v) is 2.09. The number of rotatable bonds is 9. The Kier molecular flexibility index (Phi) is 9.24. The van der Waals surface area contributed by atoms with E-state index in [0.29, 0.717) is 19.1 Å². The van der Waals surface area contributed by atoms with Crippen molar-refractivity contribution in [1.29, 1.82) is 0 Å². The van der Waals surface area contributed by atoms with Crippen molar-refractivity contribution in [2.45, 2.75) is 40.2 Å². The van der Waals surface area contributed by atoms with Crippen molar-refractivity contribution < 1.29 is 9.53 Å². The fourth-order valence-electron chi connectivity index (χ4n) is 1.16. The highest BCUT2D eigenvalue weighted by atomic mass is 16.5. The molecule has 1 atom stereocenters. The van der Waals surface area contributed by atoms with Gasteiger partial charge in [-0.15, -0.1) is 0 Å². The quantitative estimate of drug-likeness (QED) is 0.584. The zero-order chi connectivity index (χ0) is 12.4. The summed E-state index contributed by atoms with van der Waals surface area (Å²) < 4.78 is 5.41. The third kappa shape index (κ3) is 8.68. The summed E-state index contributed by atoms with van der Waals surface area (Å²) in [6, 6.07) is -0.144. The molecule has 1 unspecified atom stereocenters. The first kappa shape index (κ1) is 15.4. The van der Waals surface area contributed by atoms with E-state index >= 15 is 0 Å². The van der Waals surface area contributed by atoms with Crippen LogP contribution >= 0.6 is 0 Å². The van der Waals surface area contributed by atoms with Gasteiger partial charge in [-0.2, -0.15) is 0 Å². The van der Waals surface area contributed by atoms with E-state index in [0.717, 1.165) is 19.6 Å². The highest BCUT2D eigenvalue weighted by Crippen LogP contribution is 1.91. The van der Waals surface area contributed by atoms with Crippen LogP contribution in [0, 0.1) is 5.92 Å². The zero-order valence-corrected chi connectivity index (χ0v) is 11.0. The van der Waals surface area contributed by atoms with Crippen molar-refractivity contribution in [2.75, 3.05) is 26.3 Å². The molecule has 0 aliphatic rings. The van der Waals surface area contributed by atoms with Gasteiger partial charge in [0.15, 0.2) is 0 Å². The first-order valence-corrected chi connectivity index (χ1v) is 6.16. The van der Waals surface area contributed by atoms with Crippen LogP contribution in [0.25, 0.3) is 0 Å². The fraction of sp³-hybridized carbons (Fsp3) is 0.917. The normalized spacial score (nSPS) is 12.8. The second kappa shape index (κ2) is 9.60. The summed E-state index contributed by atoms with van der Waals surface area (Å²) in [5, 5.41) is 5.98. The predicted octanol–water partition coefficient (Wildman–Crippen LogP) is 1.16. The molecule has 0 aromatic heterocycles. The molecule has 2 N–H and O–H groups in total.